The molecule has 0 unspecified atom stereocenters. The number of rotatable bonds is 4. The molecule has 1 aromatic carbocycles. The molecule has 2 rings (SSSR count). The summed E-state index contributed by atoms with van der Waals surface area (Å²) < 4.78 is 7.62. The molecule has 1 heterocycles. The van der Waals surface area contributed by atoms with E-state index in [9.17, 15) is 0 Å². The predicted molar refractivity (Wildman–Crippen MR) is 65.9 cm³/mol. The summed E-state index contributed by atoms with van der Waals surface area (Å²) >= 11 is 0. The zero-order chi connectivity index (χ0) is 12.3. The van der Waals surface area contributed by atoms with Gasteiger partial charge in [-0.1, -0.05) is 12.1 Å². The molecule has 90 valence electrons. The van der Waals surface area contributed by atoms with Gasteiger partial charge < -0.3 is 4.74 Å². The first-order valence-electron chi connectivity index (χ1n) is 5.77. The minimum Gasteiger partial charge on any atom is -0.485 e. The van der Waals surface area contributed by atoms with Crippen molar-refractivity contribution in [1.82, 2.24) is 14.8 Å². The minimum absolute atomic E-state index is 0.456. The number of nitrogens with zero attached hydrogens (tertiary/aromatic N) is 3. The summed E-state index contributed by atoms with van der Waals surface area (Å²) in [5.41, 5.74) is 2.33. The van der Waals surface area contributed by atoms with Crippen molar-refractivity contribution < 1.29 is 4.74 Å². The molecule has 0 atom stereocenters. The molecule has 4 nitrogen and oxygen atoms in total. The van der Waals surface area contributed by atoms with Crippen molar-refractivity contribution in [3.8, 4) is 5.75 Å². The van der Waals surface area contributed by atoms with Gasteiger partial charge in [0.1, 0.15) is 18.7 Å². The molecule has 0 saturated carbocycles. The summed E-state index contributed by atoms with van der Waals surface area (Å²) in [5, 5.41) is 4.11. The second-order valence-electron chi connectivity index (χ2n) is 4.05. The average Bonchev–Trinajstić information content (AvgIpc) is 2.77. The molecule has 1 aromatic heterocycles. The Labute approximate surface area is 101 Å². The Hall–Kier alpha value is -1.84. The molecule has 0 radical (unpaired) electrons. The van der Waals surface area contributed by atoms with Gasteiger partial charge in [-0.15, -0.1) is 0 Å². The maximum absolute atomic E-state index is 5.78. The monoisotopic (exact) mass is 231 g/mol. The first kappa shape index (κ1) is 11.6. The van der Waals surface area contributed by atoms with E-state index < -0.39 is 0 Å². The fourth-order valence-electron chi connectivity index (χ4n) is 1.67. The highest BCUT2D eigenvalue weighted by Gasteiger charge is 2.05. The van der Waals surface area contributed by atoms with E-state index >= 15 is 0 Å². The van der Waals surface area contributed by atoms with Crippen LogP contribution in [0.2, 0.25) is 0 Å². The van der Waals surface area contributed by atoms with Crippen molar-refractivity contribution >= 4 is 0 Å². The molecule has 0 aliphatic heterocycles. The van der Waals surface area contributed by atoms with E-state index in [0.29, 0.717) is 6.61 Å². The smallest absolute Gasteiger partial charge is 0.164 e. The average molecular weight is 231 g/mol. The Morgan fingerprint density at radius 1 is 1.29 bits per heavy atom. The summed E-state index contributed by atoms with van der Waals surface area (Å²) in [6.07, 6.45) is 1.56. The summed E-state index contributed by atoms with van der Waals surface area (Å²) in [4.78, 5) is 4.18. The van der Waals surface area contributed by atoms with Crippen LogP contribution in [0.15, 0.2) is 24.5 Å². The first-order valence-corrected chi connectivity index (χ1v) is 5.77. The third kappa shape index (κ3) is 2.64. The fraction of sp³-hybridized carbons (Fsp3) is 0.385. The molecule has 0 aliphatic rings. The standard InChI is InChI=1S/C13H17N3O/c1-4-16-13(14-9-15-16)8-17-12-7-10(2)5-6-11(12)3/h5-7,9H,4,8H2,1-3H3. The number of aromatic nitrogens is 3. The summed E-state index contributed by atoms with van der Waals surface area (Å²) in [6, 6.07) is 6.19. The Morgan fingerprint density at radius 2 is 2.12 bits per heavy atom. The number of benzene rings is 1. The maximum Gasteiger partial charge on any atom is 0.164 e. The molecule has 0 amide bonds. The molecule has 0 saturated heterocycles. The van der Waals surface area contributed by atoms with Crippen LogP contribution >= 0.6 is 0 Å². The lowest BCUT2D eigenvalue weighted by atomic mass is 10.1. The van der Waals surface area contributed by atoms with E-state index in [-0.39, 0.29) is 0 Å². The fourth-order valence-corrected chi connectivity index (χ4v) is 1.67. The Morgan fingerprint density at radius 3 is 2.88 bits per heavy atom. The second-order valence-corrected chi connectivity index (χ2v) is 4.05. The van der Waals surface area contributed by atoms with Crippen LogP contribution in [-0.2, 0) is 13.2 Å². The molecule has 0 bridgehead atoms. The van der Waals surface area contributed by atoms with Gasteiger partial charge in [0.25, 0.3) is 0 Å². The van der Waals surface area contributed by atoms with Crippen molar-refractivity contribution in [2.75, 3.05) is 0 Å². The lowest BCUT2D eigenvalue weighted by molar-refractivity contribution is 0.285. The van der Waals surface area contributed by atoms with Crippen LogP contribution in [0.4, 0.5) is 0 Å². The van der Waals surface area contributed by atoms with E-state index in [1.807, 2.05) is 24.6 Å². The molecular weight excluding hydrogens is 214 g/mol. The minimum atomic E-state index is 0.456. The van der Waals surface area contributed by atoms with Crippen LogP contribution in [0.25, 0.3) is 0 Å². The maximum atomic E-state index is 5.78. The van der Waals surface area contributed by atoms with Crippen molar-refractivity contribution in [1.29, 1.82) is 0 Å². The zero-order valence-corrected chi connectivity index (χ0v) is 10.5. The van der Waals surface area contributed by atoms with Crippen LogP contribution in [0.5, 0.6) is 5.75 Å². The summed E-state index contributed by atoms with van der Waals surface area (Å²) in [6.45, 7) is 7.40. The van der Waals surface area contributed by atoms with Crippen LogP contribution in [-0.4, -0.2) is 14.8 Å². The highest BCUT2D eigenvalue weighted by molar-refractivity contribution is 5.35. The molecule has 0 N–H and O–H groups in total. The third-order valence-electron chi connectivity index (χ3n) is 2.70. The van der Waals surface area contributed by atoms with Gasteiger partial charge >= 0.3 is 0 Å². The van der Waals surface area contributed by atoms with Gasteiger partial charge in [0.2, 0.25) is 0 Å². The van der Waals surface area contributed by atoms with Gasteiger partial charge in [-0.3, -0.25) is 0 Å². The van der Waals surface area contributed by atoms with Gasteiger partial charge in [0.05, 0.1) is 0 Å². The lowest BCUT2D eigenvalue weighted by Crippen LogP contribution is -2.07. The van der Waals surface area contributed by atoms with E-state index in [1.54, 1.807) is 6.33 Å². The van der Waals surface area contributed by atoms with Gasteiger partial charge in [-0.05, 0) is 38.0 Å². The van der Waals surface area contributed by atoms with Crippen LogP contribution in [0, 0.1) is 13.8 Å². The Kier molecular flexibility index (Phi) is 3.42. The third-order valence-corrected chi connectivity index (χ3v) is 2.70. The van der Waals surface area contributed by atoms with E-state index in [2.05, 4.69) is 29.1 Å². The number of hydrogen-bond acceptors (Lipinski definition) is 3. The van der Waals surface area contributed by atoms with Gasteiger partial charge in [-0.25, -0.2) is 9.67 Å². The molecule has 0 spiro atoms. The molecular formula is C13H17N3O. The SMILES string of the molecule is CCn1ncnc1COc1cc(C)ccc1C. The summed E-state index contributed by atoms with van der Waals surface area (Å²) in [5.74, 6) is 1.77. The van der Waals surface area contributed by atoms with Crippen molar-refractivity contribution in [2.24, 2.45) is 0 Å². The Balaban J connectivity index is 2.09. The van der Waals surface area contributed by atoms with E-state index in [1.165, 1.54) is 5.56 Å². The number of ether oxygens (including phenoxy) is 1. The van der Waals surface area contributed by atoms with E-state index in [0.717, 1.165) is 23.7 Å². The molecule has 4 heteroatoms. The Bertz CT molecular complexity index is 505. The van der Waals surface area contributed by atoms with Gasteiger partial charge in [0, 0.05) is 6.54 Å². The van der Waals surface area contributed by atoms with Crippen LogP contribution in [0.3, 0.4) is 0 Å². The lowest BCUT2D eigenvalue weighted by Gasteiger charge is -2.09. The zero-order valence-electron chi connectivity index (χ0n) is 10.5. The molecule has 2 aromatic rings. The predicted octanol–water partition coefficient (Wildman–Crippen LogP) is 2.49. The second kappa shape index (κ2) is 4.99. The largest absolute Gasteiger partial charge is 0.485 e. The molecule has 17 heavy (non-hydrogen) atoms. The highest BCUT2D eigenvalue weighted by atomic mass is 16.5. The highest BCUT2D eigenvalue weighted by Crippen LogP contribution is 2.19. The number of hydrogen-bond donors (Lipinski definition) is 0. The molecule has 0 aliphatic carbocycles. The summed E-state index contributed by atoms with van der Waals surface area (Å²) in [7, 11) is 0. The van der Waals surface area contributed by atoms with Crippen LogP contribution < -0.4 is 4.74 Å². The topological polar surface area (TPSA) is 39.9 Å². The first-order chi connectivity index (χ1) is 8.20. The van der Waals surface area contributed by atoms with Crippen LogP contribution in [0.1, 0.15) is 23.9 Å². The van der Waals surface area contributed by atoms with E-state index in [4.69, 9.17) is 4.74 Å². The van der Waals surface area contributed by atoms with Crippen molar-refractivity contribution in [2.45, 2.75) is 33.9 Å². The quantitative estimate of drug-likeness (QED) is 0.811. The molecule has 0 fully saturated rings. The van der Waals surface area contributed by atoms with Gasteiger partial charge in [-0.2, -0.15) is 5.10 Å². The normalized spacial score (nSPS) is 10.5. The van der Waals surface area contributed by atoms with Crippen molar-refractivity contribution in [3.63, 3.8) is 0 Å². The number of aryl methyl sites for hydroxylation is 3. The van der Waals surface area contributed by atoms with Gasteiger partial charge in [0.15, 0.2) is 5.82 Å². The van der Waals surface area contributed by atoms with Crippen molar-refractivity contribution in [3.05, 3.63) is 41.5 Å².